The Labute approximate surface area is 176 Å². The molecule has 0 spiro atoms. The summed E-state index contributed by atoms with van der Waals surface area (Å²) in [6.45, 7) is 4.40. The summed E-state index contributed by atoms with van der Waals surface area (Å²) in [6, 6.07) is 13.6. The van der Waals surface area contributed by atoms with Gasteiger partial charge in [0.1, 0.15) is 0 Å². The predicted octanol–water partition coefficient (Wildman–Crippen LogP) is 5.18. The SMILES string of the molecule is CCc1ccc(-c2cc(C)cc3c2=CC(=CC2CCCCC2)[C-]=3)cc1.[Zr]. The van der Waals surface area contributed by atoms with E-state index in [4.69, 9.17) is 0 Å². The van der Waals surface area contributed by atoms with Crippen molar-refractivity contribution in [3.05, 3.63) is 69.6 Å². The maximum atomic E-state index is 3.66. The van der Waals surface area contributed by atoms with Crippen molar-refractivity contribution in [3.63, 3.8) is 0 Å². The van der Waals surface area contributed by atoms with E-state index in [1.54, 1.807) is 0 Å². The van der Waals surface area contributed by atoms with Gasteiger partial charge >= 0.3 is 0 Å². The molecule has 1 heteroatoms. The van der Waals surface area contributed by atoms with E-state index in [1.807, 2.05) is 0 Å². The Balaban J connectivity index is 0.00000196. The third-order valence-corrected chi connectivity index (χ3v) is 5.64. The Morgan fingerprint density at radius 3 is 2.46 bits per heavy atom. The Morgan fingerprint density at radius 2 is 1.77 bits per heavy atom. The Morgan fingerprint density at radius 1 is 1.04 bits per heavy atom. The fourth-order valence-electron chi connectivity index (χ4n) is 4.21. The number of hydrogen-bond acceptors (Lipinski definition) is 0. The molecule has 0 unspecified atom stereocenters. The maximum absolute atomic E-state index is 3.66. The molecule has 0 bridgehead atoms. The van der Waals surface area contributed by atoms with Gasteiger partial charge in [-0.05, 0) is 30.4 Å². The van der Waals surface area contributed by atoms with E-state index in [-0.39, 0.29) is 26.2 Å². The molecule has 26 heavy (non-hydrogen) atoms. The average Bonchev–Trinajstić information content (AvgIpc) is 3.04. The monoisotopic (exact) mass is 417 g/mol. The first-order valence-electron chi connectivity index (χ1n) is 9.80. The summed E-state index contributed by atoms with van der Waals surface area (Å²) < 4.78 is 0. The van der Waals surface area contributed by atoms with Crippen LogP contribution >= 0.6 is 0 Å². The number of hydrogen-bond donors (Lipinski definition) is 0. The van der Waals surface area contributed by atoms with Crippen molar-refractivity contribution in [1.29, 1.82) is 0 Å². The summed E-state index contributed by atoms with van der Waals surface area (Å²) in [6.07, 6.45) is 16.5. The van der Waals surface area contributed by atoms with Crippen LogP contribution in [0, 0.1) is 12.8 Å². The van der Waals surface area contributed by atoms with Crippen LogP contribution in [0.2, 0.25) is 0 Å². The minimum atomic E-state index is 0. The molecule has 2 aromatic rings. The molecule has 0 saturated heterocycles. The molecule has 0 heterocycles. The molecule has 0 aliphatic heterocycles. The number of rotatable bonds is 3. The summed E-state index contributed by atoms with van der Waals surface area (Å²) in [7, 11) is 0. The van der Waals surface area contributed by atoms with Crippen LogP contribution < -0.4 is 10.4 Å². The van der Waals surface area contributed by atoms with E-state index in [9.17, 15) is 0 Å². The second kappa shape index (κ2) is 8.66. The zero-order chi connectivity index (χ0) is 17.2. The molecule has 1 fully saturated rings. The van der Waals surface area contributed by atoms with Crippen LogP contribution in [0.25, 0.3) is 23.3 Å². The molecule has 0 amide bonds. The number of aryl methyl sites for hydroxylation is 2. The van der Waals surface area contributed by atoms with Gasteiger partial charge in [-0.2, -0.15) is 0 Å². The molecule has 2 aliphatic rings. The van der Waals surface area contributed by atoms with Crippen LogP contribution in [0.1, 0.15) is 50.2 Å². The van der Waals surface area contributed by atoms with Crippen molar-refractivity contribution in [2.24, 2.45) is 5.92 Å². The Hall–Kier alpha value is -1.20. The molecule has 2 aliphatic carbocycles. The van der Waals surface area contributed by atoms with Crippen LogP contribution in [0.3, 0.4) is 0 Å². The molecule has 0 aromatic heterocycles. The van der Waals surface area contributed by atoms with E-state index in [0.29, 0.717) is 0 Å². The van der Waals surface area contributed by atoms with Crippen LogP contribution in [-0.2, 0) is 32.6 Å². The van der Waals surface area contributed by atoms with E-state index >= 15 is 0 Å². The van der Waals surface area contributed by atoms with Gasteiger partial charge in [0.2, 0.25) is 0 Å². The van der Waals surface area contributed by atoms with Crippen LogP contribution in [-0.4, -0.2) is 0 Å². The standard InChI is InChI=1S/C25H27.Zr/c1-3-19-9-11-22(12-10-19)24-14-18(2)13-23-16-21(17-25(23)24)15-20-7-5-4-6-8-20;/h9-15,17,20H,3-8H2,1-2H3;/q-1;. The third-order valence-electron chi connectivity index (χ3n) is 5.64. The van der Waals surface area contributed by atoms with E-state index in [2.05, 4.69) is 68.5 Å². The van der Waals surface area contributed by atoms with Crippen molar-refractivity contribution in [1.82, 2.24) is 0 Å². The quantitative estimate of drug-likeness (QED) is 0.603. The number of fused-ring (bicyclic) bond motifs is 1. The van der Waals surface area contributed by atoms with Crippen molar-refractivity contribution < 1.29 is 26.2 Å². The van der Waals surface area contributed by atoms with Crippen molar-refractivity contribution in [2.45, 2.75) is 52.4 Å². The summed E-state index contributed by atoms with van der Waals surface area (Å²) in [5.74, 6) is 0.746. The number of benzene rings is 2. The van der Waals surface area contributed by atoms with E-state index in [0.717, 1.165) is 12.3 Å². The van der Waals surface area contributed by atoms with E-state index in [1.165, 1.54) is 70.4 Å². The topological polar surface area (TPSA) is 0 Å². The molecule has 0 atom stereocenters. The first kappa shape index (κ1) is 19.6. The first-order chi connectivity index (χ1) is 12.2. The molecule has 2 aromatic carbocycles. The third kappa shape index (κ3) is 4.20. The second-order valence-electron chi connectivity index (χ2n) is 7.61. The fraction of sp³-hybridized carbons (Fsp3) is 0.360. The molecule has 1 saturated carbocycles. The smallest absolute Gasteiger partial charge is 0 e. The van der Waals surface area contributed by atoms with Gasteiger partial charge in [0.15, 0.2) is 0 Å². The maximum Gasteiger partial charge on any atom is 0 e. The minimum absolute atomic E-state index is 0. The molecule has 132 valence electrons. The summed E-state index contributed by atoms with van der Waals surface area (Å²) in [5, 5.41) is 2.61. The van der Waals surface area contributed by atoms with Crippen LogP contribution in [0.4, 0.5) is 0 Å². The normalized spacial score (nSPS) is 18.0. The number of allylic oxidation sites excluding steroid dienone is 2. The summed E-state index contributed by atoms with van der Waals surface area (Å²) >= 11 is 0. The molecular weight excluding hydrogens is 391 g/mol. The van der Waals surface area contributed by atoms with Gasteiger partial charge in [0.25, 0.3) is 0 Å². The van der Waals surface area contributed by atoms with Gasteiger partial charge in [-0.15, -0.1) is 40.3 Å². The van der Waals surface area contributed by atoms with Gasteiger partial charge in [-0.25, -0.2) is 0 Å². The minimum Gasteiger partial charge on any atom is -0.145 e. The Bertz CT molecular complexity index is 910. The second-order valence-corrected chi connectivity index (χ2v) is 7.61. The van der Waals surface area contributed by atoms with Crippen molar-refractivity contribution in [3.8, 4) is 11.1 Å². The van der Waals surface area contributed by atoms with E-state index < -0.39 is 0 Å². The zero-order valence-electron chi connectivity index (χ0n) is 15.9. The summed E-state index contributed by atoms with van der Waals surface area (Å²) in [4.78, 5) is 0. The predicted molar refractivity (Wildman–Crippen MR) is 108 cm³/mol. The first-order valence-corrected chi connectivity index (χ1v) is 9.80. The fourth-order valence-corrected chi connectivity index (χ4v) is 4.21. The summed E-state index contributed by atoms with van der Waals surface area (Å²) in [5.41, 5.74) is 6.66. The molecule has 0 N–H and O–H groups in total. The molecule has 0 radical (unpaired) electrons. The van der Waals surface area contributed by atoms with Crippen molar-refractivity contribution in [2.75, 3.05) is 0 Å². The average molecular weight is 419 g/mol. The van der Waals surface area contributed by atoms with Gasteiger partial charge in [0, 0.05) is 26.2 Å². The molecular formula is C25H27Zr-. The molecule has 0 nitrogen and oxygen atoms in total. The van der Waals surface area contributed by atoms with Crippen molar-refractivity contribution >= 4 is 12.2 Å². The van der Waals surface area contributed by atoms with Gasteiger partial charge in [-0.1, -0.05) is 80.5 Å². The zero-order valence-corrected chi connectivity index (χ0v) is 18.4. The van der Waals surface area contributed by atoms with Crippen LogP contribution in [0.5, 0.6) is 0 Å². The van der Waals surface area contributed by atoms with Crippen LogP contribution in [0.15, 0.2) is 48.0 Å². The van der Waals surface area contributed by atoms with Gasteiger partial charge < -0.3 is 0 Å². The molecule has 4 rings (SSSR count). The Kier molecular flexibility index (Phi) is 6.52. The van der Waals surface area contributed by atoms with Gasteiger partial charge in [0.05, 0.1) is 0 Å². The van der Waals surface area contributed by atoms with Gasteiger partial charge in [-0.3, -0.25) is 0 Å². The largest absolute Gasteiger partial charge is 0.145 e.